The maximum Gasteiger partial charge on any atom is 0.264 e. The molecule has 1 heterocycles. The number of fused-ring (bicyclic) bond motifs is 1. The molecule has 0 atom stereocenters. The Kier molecular flexibility index (Phi) is 6.04. The van der Waals surface area contributed by atoms with Crippen LogP contribution in [0.5, 0.6) is 0 Å². The van der Waals surface area contributed by atoms with Gasteiger partial charge in [-0.15, -0.1) is 0 Å². The molecule has 1 saturated carbocycles. The number of benzene rings is 1. The lowest BCUT2D eigenvalue weighted by Gasteiger charge is -2.27. The summed E-state index contributed by atoms with van der Waals surface area (Å²) in [7, 11) is -3.36. The number of hydrogen-bond donors (Lipinski definition) is 1. The highest BCUT2D eigenvalue weighted by atomic mass is 32.2. The maximum absolute atomic E-state index is 12.2. The van der Waals surface area contributed by atoms with Crippen LogP contribution in [0.3, 0.4) is 0 Å². The molecule has 1 aliphatic rings. The van der Waals surface area contributed by atoms with Crippen molar-refractivity contribution in [3.8, 4) is 0 Å². The van der Waals surface area contributed by atoms with Gasteiger partial charge in [0.25, 0.3) is 15.7 Å². The van der Waals surface area contributed by atoms with Crippen LogP contribution < -0.4 is 5.56 Å². The molecule has 1 aromatic heterocycles. The summed E-state index contributed by atoms with van der Waals surface area (Å²) in [4.78, 5) is 19.7. The third kappa shape index (κ3) is 5.08. The van der Waals surface area contributed by atoms with Crippen molar-refractivity contribution in [2.24, 2.45) is 5.92 Å². The predicted molar refractivity (Wildman–Crippen MR) is 105 cm³/mol. The largest absolute Gasteiger partial charge is 0.309 e. The van der Waals surface area contributed by atoms with Crippen molar-refractivity contribution in [1.82, 2.24) is 9.97 Å². The van der Waals surface area contributed by atoms with Crippen molar-refractivity contribution in [1.29, 1.82) is 0 Å². The summed E-state index contributed by atoms with van der Waals surface area (Å²) < 4.78 is 27.1. The van der Waals surface area contributed by atoms with Gasteiger partial charge in [-0.3, -0.25) is 8.98 Å². The molecule has 0 bridgehead atoms. The highest BCUT2D eigenvalue weighted by Crippen LogP contribution is 2.33. The van der Waals surface area contributed by atoms with E-state index < -0.39 is 10.1 Å². The van der Waals surface area contributed by atoms with Crippen molar-refractivity contribution in [2.75, 3.05) is 12.9 Å². The van der Waals surface area contributed by atoms with Gasteiger partial charge in [0.05, 0.1) is 29.5 Å². The van der Waals surface area contributed by atoms with Gasteiger partial charge in [-0.25, -0.2) is 4.98 Å². The van der Waals surface area contributed by atoms with E-state index in [2.05, 4.69) is 9.97 Å². The van der Waals surface area contributed by atoms with Gasteiger partial charge < -0.3 is 4.98 Å². The average molecular weight is 397 g/mol. The molecule has 26 heavy (non-hydrogen) atoms. The van der Waals surface area contributed by atoms with E-state index in [1.54, 1.807) is 6.07 Å². The first kappa shape index (κ1) is 19.4. The third-order valence-electron chi connectivity index (χ3n) is 4.75. The molecule has 0 spiro atoms. The van der Waals surface area contributed by atoms with Crippen molar-refractivity contribution in [2.45, 2.75) is 43.6 Å². The summed E-state index contributed by atoms with van der Waals surface area (Å²) in [6.07, 6.45) is 5.08. The van der Waals surface area contributed by atoms with Crippen LogP contribution in [0, 0.1) is 12.8 Å². The first-order valence-electron chi connectivity index (χ1n) is 8.76. The summed E-state index contributed by atoms with van der Waals surface area (Å²) >= 11 is 1.81. The highest BCUT2D eigenvalue weighted by Gasteiger charge is 2.23. The molecule has 6 nitrogen and oxygen atoms in total. The predicted octanol–water partition coefficient (Wildman–Crippen LogP) is 3.00. The van der Waals surface area contributed by atoms with E-state index in [4.69, 9.17) is 4.18 Å². The Morgan fingerprint density at radius 3 is 2.69 bits per heavy atom. The first-order valence-corrected chi connectivity index (χ1v) is 11.6. The van der Waals surface area contributed by atoms with E-state index in [9.17, 15) is 13.2 Å². The maximum atomic E-state index is 12.2. The molecule has 0 radical (unpaired) electrons. The number of rotatable bonds is 6. The summed E-state index contributed by atoms with van der Waals surface area (Å²) in [6.45, 7) is 2.25. The SMILES string of the molecule is Cc1cccc2c(=O)[nH]c(CS[C@H]3CC[C@H](COS(C)(=O)=O)CC3)nc12. The van der Waals surface area contributed by atoms with E-state index in [1.165, 1.54) is 0 Å². The van der Waals surface area contributed by atoms with Crippen molar-refractivity contribution in [3.05, 3.63) is 39.9 Å². The normalized spacial score (nSPS) is 21.2. The van der Waals surface area contributed by atoms with Crippen molar-refractivity contribution in [3.63, 3.8) is 0 Å². The van der Waals surface area contributed by atoms with Crippen LogP contribution in [0.1, 0.15) is 37.1 Å². The van der Waals surface area contributed by atoms with E-state index in [1.807, 2.05) is 30.8 Å². The summed E-state index contributed by atoms with van der Waals surface area (Å²) in [5.41, 5.74) is 1.69. The molecule has 3 rings (SSSR count). The number of aromatic amines is 1. The Bertz CT molecular complexity index is 932. The monoisotopic (exact) mass is 396 g/mol. The minimum Gasteiger partial charge on any atom is -0.309 e. The number of thioether (sulfide) groups is 1. The molecule has 0 saturated heterocycles. The molecule has 0 unspecified atom stereocenters. The minimum absolute atomic E-state index is 0.0871. The number of H-pyrrole nitrogens is 1. The standard InChI is InChI=1S/C18H24N2O4S2/c1-12-4-3-5-15-17(12)19-16(20-18(15)21)11-25-14-8-6-13(7-9-14)10-24-26(2,22)23/h3-5,13-14H,6-11H2,1-2H3,(H,19,20,21)/t13-,14-. The lowest BCUT2D eigenvalue weighted by molar-refractivity contribution is 0.217. The van der Waals surface area contributed by atoms with Crippen LogP contribution >= 0.6 is 11.8 Å². The Labute approximate surface area is 157 Å². The zero-order chi connectivity index (χ0) is 18.7. The van der Waals surface area contributed by atoms with Gasteiger partial charge in [-0.1, -0.05) is 12.1 Å². The fourth-order valence-corrected chi connectivity index (χ4v) is 4.88. The number of nitrogens with one attached hydrogen (secondary N) is 1. The Balaban J connectivity index is 1.55. The van der Waals surface area contributed by atoms with E-state index in [0.29, 0.717) is 28.1 Å². The molecule has 0 aliphatic heterocycles. The fourth-order valence-electron chi connectivity index (χ4n) is 3.30. The van der Waals surface area contributed by atoms with Gasteiger partial charge in [0, 0.05) is 5.25 Å². The van der Waals surface area contributed by atoms with Crippen LogP contribution in [-0.4, -0.2) is 36.5 Å². The van der Waals surface area contributed by atoms with Gasteiger partial charge >= 0.3 is 0 Å². The molecule has 8 heteroatoms. The smallest absolute Gasteiger partial charge is 0.264 e. The van der Waals surface area contributed by atoms with Crippen LogP contribution in [0.4, 0.5) is 0 Å². The van der Waals surface area contributed by atoms with Gasteiger partial charge in [0.2, 0.25) is 0 Å². The second kappa shape index (κ2) is 8.10. The quantitative estimate of drug-likeness (QED) is 0.755. The van der Waals surface area contributed by atoms with Crippen LogP contribution in [0.2, 0.25) is 0 Å². The lowest BCUT2D eigenvalue weighted by atomic mass is 9.90. The molecular formula is C18H24N2O4S2. The second-order valence-electron chi connectivity index (χ2n) is 6.93. The zero-order valence-corrected chi connectivity index (χ0v) is 16.7. The molecule has 142 valence electrons. The second-order valence-corrected chi connectivity index (χ2v) is 9.86. The van der Waals surface area contributed by atoms with Crippen LogP contribution in [-0.2, 0) is 20.1 Å². The molecule has 2 aromatic rings. The minimum atomic E-state index is -3.36. The van der Waals surface area contributed by atoms with Gasteiger partial charge in [0.15, 0.2) is 0 Å². The van der Waals surface area contributed by atoms with E-state index in [-0.39, 0.29) is 12.2 Å². The van der Waals surface area contributed by atoms with E-state index in [0.717, 1.165) is 43.0 Å². The molecular weight excluding hydrogens is 372 g/mol. The van der Waals surface area contributed by atoms with Crippen molar-refractivity contribution < 1.29 is 12.6 Å². The number of aromatic nitrogens is 2. The molecule has 0 amide bonds. The Morgan fingerprint density at radius 2 is 2.00 bits per heavy atom. The Morgan fingerprint density at radius 1 is 1.27 bits per heavy atom. The van der Waals surface area contributed by atoms with E-state index >= 15 is 0 Å². The number of hydrogen-bond acceptors (Lipinski definition) is 6. The third-order valence-corrected chi connectivity index (χ3v) is 6.70. The Hall–Kier alpha value is -1.38. The topological polar surface area (TPSA) is 89.1 Å². The van der Waals surface area contributed by atoms with Gasteiger partial charge in [0.1, 0.15) is 5.82 Å². The lowest BCUT2D eigenvalue weighted by Crippen LogP contribution is -2.22. The summed E-state index contributed by atoms with van der Waals surface area (Å²) in [5.74, 6) is 1.70. The highest BCUT2D eigenvalue weighted by molar-refractivity contribution is 7.99. The number of nitrogens with zero attached hydrogens (tertiary/aromatic N) is 1. The molecule has 1 N–H and O–H groups in total. The number of para-hydroxylation sites is 1. The molecule has 1 aromatic carbocycles. The van der Waals surface area contributed by atoms with Crippen LogP contribution in [0.25, 0.3) is 10.9 Å². The first-order chi connectivity index (χ1) is 12.3. The van der Waals surface area contributed by atoms with Gasteiger partial charge in [-0.2, -0.15) is 20.2 Å². The fraction of sp³-hybridized carbons (Fsp3) is 0.556. The number of aryl methyl sites for hydroxylation is 1. The molecule has 1 aliphatic carbocycles. The summed E-state index contributed by atoms with van der Waals surface area (Å²) in [6, 6.07) is 5.63. The summed E-state index contributed by atoms with van der Waals surface area (Å²) in [5, 5.41) is 1.13. The molecule has 1 fully saturated rings. The van der Waals surface area contributed by atoms with Crippen molar-refractivity contribution >= 4 is 32.8 Å². The van der Waals surface area contributed by atoms with Gasteiger partial charge in [-0.05, 0) is 50.2 Å². The zero-order valence-electron chi connectivity index (χ0n) is 15.0. The van der Waals surface area contributed by atoms with Crippen LogP contribution in [0.15, 0.2) is 23.0 Å². The average Bonchev–Trinajstić information content (AvgIpc) is 2.59.